The molecule has 90 valence electrons. The van der Waals surface area contributed by atoms with Crippen molar-refractivity contribution in [1.29, 1.82) is 0 Å². The Morgan fingerprint density at radius 1 is 1.35 bits per heavy atom. The van der Waals surface area contributed by atoms with Crippen LogP contribution in [0.5, 0.6) is 0 Å². The summed E-state index contributed by atoms with van der Waals surface area (Å²) in [6.07, 6.45) is 6.74. The molecule has 0 bridgehead atoms. The van der Waals surface area contributed by atoms with Crippen LogP contribution in [0.2, 0.25) is 0 Å². The van der Waals surface area contributed by atoms with E-state index < -0.39 is 0 Å². The van der Waals surface area contributed by atoms with E-state index in [4.69, 9.17) is 0 Å². The topological polar surface area (TPSA) is 54.0 Å². The highest BCUT2D eigenvalue weighted by Crippen LogP contribution is 2.58. The summed E-state index contributed by atoms with van der Waals surface area (Å²) in [5, 5.41) is 6.33. The molecule has 1 spiro atoms. The number of pyridine rings is 1. The molecule has 2 heterocycles. The molecule has 2 aliphatic rings. The van der Waals surface area contributed by atoms with Crippen molar-refractivity contribution in [2.24, 2.45) is 11.3 Å². The minimum atomic E-state index is 0.179. The van der Waals surface area contributed by atoms with E-state index in [9.17, 15) is 4.79 Å². The minimum Gasteiger partial charge on any atom is -0.326 e. The molecule has 3 rings (SSSR count). The Balaban J connectivity index is 1.61. The molecule has 1 aromatic rings. The fourth-order valence-corrected chi connectivity index (χ4v) is 2.86. The highest BCUT2D eigenvalue weighted by Gasteiger charge is 2.57. The average Bonchev–Trinajstić information content (AvgIpc) is 3.05. The maximum atomic E-state index is 12.1. The summed E-state index contributed by atoms with van der Waals surface area (Å²) in [4.78, 5) is 16.0. The molecular weight excluding hydrogens is 214 g/mol. The summed E-state index contributed by atoms with van der Waals surface area (Å²) in [5.74, 6) is 0.399. The molecule has 1 saturated carbocycles. The molecule has 1 aliphatic carbocycles. The minimum absolute atomic E-state index is 0.179. The van der Waals surface area contributed by atoms with Crippen LogP contribution in [-0.4, -0.2) is 24.0 Å². The highest BCUT2D eigenvalue weighted by atomic mass is 16.2. The van der Waals surface area contributed by atoms with Crippen molar-refractivity contribution in [2.75, 3.05) is 18.4 Å². The van der Waals surface area contributed by atoms with E-state index in [1.54, 1.807) is 12.4 Å². The van der Waals surface area contributed by atoms with Crippen LogP contribution in [0.25, 0.3) is 0 Å². The van der Waals surface area contributed by atoms with Crippen LogP contribution in [0.4, 0.5) is 5.69 Å². The molecule has 4 nitrogen and oxygen atoms in total. The molecule has 4 heteroatoms. The third-order valence-corrected chi connectivity index (χ3v) is 4.05. The van der Waals surface area contributed by atoms with Crippen molar-refractivity contribution >= 4 is 11.6 Å². The van der Waals surface area contributed by atoms with Gasteiger partial charge >= 0.3 is 0 Å². The van der Waals surface area contributed by atoms with Crippen LogP contribution < -0.4 is 10.6 Å². The number of hydrogen-bond donors (Lipinski definition) is 2. The largest absolute Gasteiger partial charge is 0.326 e. The van der Waals surface area contributed by atoms with E-state index in [0.717, 1.165) is 38.0 Å². The third kappa shape index (κ3) is 2.05. The molecule has 2 N–H and O–H groups in total. The van der Waals surface area contributed by atoms with Gasteiger partial charge in [0.05, 0.1) is 0 Å². The van der Waals surface area contributed by atoms with E-state index in [2.05, 4.69) is 15.6 Å². The lowest BCUT2D eigenvalue weighted by atomic mass is 9.92. The number of piperidine rings is 1. The zero-order valence-electron chi connectivity index (χ0n) is 9.78. The molecule has 17 heavy (non-hydrogen) atoms. The van der Waals surface area contributed by atoms with E-state index in [-0.39, 0.29) is 11.8 Å². The molecule has 1 unspecified atom stereocenters. The molecule has 1 saturated heterocycles. The molecule has 1 amide bonds. The van der Waals surface area contributed by atoms with Crippen molar-refractivity contribution in [2.45, 2.75) is 19.3 Å². The summed E-state index contributed by atoms with van der Waals surface area (Å²) in [7, 11) is 0. The smallest absolute Gasteiger partial charge is 0.228 e. The van der Waals surface area contributed by atoms with Crippen LogP contribution in [0.3, 0.4) is 0 Å². The summed E-state index contributed by atoms with van der Waals surface area (Å²) < 4.78 is 0. The second-order valence-corrected chi connectivity index (χ2v) is 5.09. The lowest BCUT2D eigenvalue weighted by molar-refractivity contribution is -0.118. The Morgan fingerprint density at radius 2 is 2.06 bits per heavy atom. The van der Waals surface area contributed by atoms with Gasteiger partial charge in [-0.3, -0.25) is 9.78 Å². The van der Waals surface area contributed by atoms with Crippen molar-refractivity contribution < 1.29 is 4.79 Å². The molecule has 1 atom stereocenters. The number of rotatable bonds is 2. The first-order valence-corrected chi connectivity index (χ1v) is 6.22. The lowest BCUT2D eigenvalue weighted by Gasteiger charge is -2.23. The van der Waals surface area contributed by atoms with Gasteiger partial charge in [-0.1, -0.05) is 0 Å². The Labute approximate surface area is 101 Å². The number of carbonyl (C=O) groups is 1. The average molecular weight is 231 g/mol. The predicted octanol–water partition coefficient (Wildman–Crippen LogP) is 1.41. The van der Waals surface area contributed by atoms with Crippen LogP contribution in [0.15, 0.2) is 24.5 Å². The van der Waals surface area contributed by atoms with E-state index in [1.807, 2.05) is 12.1 Å². The maximum absolute atomic E-state index is 12.1. The quantitative estimate of drug-likeness (QED) is 0.809. The second kappa shape index (κ2) is 4.11. The summed E-state index contributed by atoms with van der Waals surface area (Å²) >= 11 is 0. The Kier molecular flexibility index (Phi) is 2.59. The number of amides is 1. The number of hydrogen-bond acceptors (Lipinski definition) is 3. The normalized spacial score (nSPS) is 25.5. The van der Waals surface area contributed by atoms with Crippen molar-refractivity contribution in [1.82, 2.24) is 10.3 Å². The maximum Gasteiger partial charge on any atom is 0.228 e. The number of carbonyl (C=O) groups excluding carboxylic acids is 1. The Hall–Kier alpha value is -1.42. The Bertz CT molecular complexity index is 412. The number of anilines is 1. The van der Waals surface area contributed by atoms with Gasteiger partial charge in [0.25, 0.3) is 0 Å². The standard InChI is InChI=1S/C13H17N3O/c17-12(16-10-1-5-14-6-2-10)11-9-13(11)3-7-15-8-4-13/h1-2,5-6,11,15H,3-4,7-9H2,(H,14,16,17). The number of nitrogens with one attached hydrogen (secondary N) is 2. The molecule has 1 aromatic heterocycles. The highest BCUT2D eigenvalue weighted by molar-refractivity contribution is 5.95. The zero-order valence-corrected chi connectivity index (χ0v) is 9.78. The number of aromatic nitrogens is 1. The zero-order chi connectivity index (χ0) is 11.7. The fourth-order valence-electron chi connectivity index (χ4n) is 2.86. The van der Waals surface area contributed by atoms with Gasteiger partial charge in [0.15, 0.2) is 0 Å². The van der Waals surface area contributed by atoms with Crippen LogP contribution in [-0.2, 0) is 4.79 Å². The third-order valence-electron chi connectivity index (χ3n) is 4.05. The van der Waals surface area contributed by atoms with Gasteiger partial charge in [0.1, 0.15) is 0 Å². The van der Waals surface area contributed by atoms with Crippen molar-refractivity contribution in [3.63, 3.8) is 0 Å². The first-order valence-electron chi connectivity index (χ1n) is 6.22. The van der Waals surface area contributed by atoms with E-state index in [0.29, 0.717) is 5.41 Å². The first-order chi connectivity index (χ1) is 8.30. The lowest BCUT2D eigenvalue weighted by Crippen LogP contribution is -2.31. The summed E-state index contributed by atoms with van der Waals surface area (Å²) in [6.45, 7) is 2.11. The number of nitrogens with zero attached hydrogens (tertiary/aromatic N) is 1. The molecular formula is C13H17N3O. The van der Waals surface area contributed by atoms with Gasteiger partial charge < -0.3 is 10.6 Å². The summed E-state index contributed by atoms with van der Waals surface area (Å²) in [6, 6.07) is 3.66. The molecule has 1 aliphatic heterocycles. The van der Waals surface area contributed by atoms with Gasteiger partial charge in [-0.25, -0.2) is 0 Å². The summed E-state index contributed by atoms with van der Waals surface area (Å²) in [5.41, 5.74) is 1.16. The van der Waals surface area contributed by atoms with Gasteiger partial charge in [0, 0.05) is 24.0 Å². The van der Waals surface area contributed by atoms with Gasteiger partial charge in [-0.15, -0.1) is 0 Å². The van der Waals surface area contributed by atoms with Crippen LogP contribution >= 0.6 is 0 Å². The van der Waals surface area contributed by atoms with Crippen molar-refractivity contribution in [3.05, 3.63) is 24.5 Å². The van der Waals surface area contributed by atoms with E-state index >= 15 is 0 Å². The monoisotopic (exact) mass is 231 g/mol. The molecule has 2 fully saturated rings. The van der Waals surface area contributed by atoms with Crippen LogP contribution in [0, 0.1) is 11.3 Å². The Morgan fingerprint density at radius 3 is 2.76 bits per heavy atom. The fraction of sp³-hybridized carbons (Fsp3) is 0.538. The SMILES string of the molecule is O=C(Nc1ccncc1)C1CC12CCNCC2. The van der Waals surface area contributed by atoms with E-state index in [1.165, 1.54) is 0 Å². The van der Waals surface area contributed by atoms with Gasteiger partial charge in [0.2, 0.25) is 5.91 Å². The van der Waals surface area contributed by atoms with Crippen molar-refractivity contribution in [3.8, 4) is 0 Å². The van der Waals surface area contributed by atoms with Gasteiger partial charge in [-0.05, 0) is 49.9 Å². The van der Waals surface area contributed by atoms with Gasteiger partial charge in [-0.2, -0.15) is 0 Å². The first kappa shape index (κ1) is 10.7. The predicted molar refractivity (Wildman–Crippen MR) is 65.5 cm³/mol. The van der Waals surface area contributed by atoms with Crippen LogP contribution in [0.1, 0.15) is 19.3 Å². The molecule has 0 aromatic carbocycles. The molecule has 0 radical (unpaired) electrons. The second-order valence-electron chi connectivity index (χ2n) is 5.09.